The minimum atomic E-state index is -0.0228. The largest absolute Gasteiger partial charge is 0.315 e. The van der Waals surface area contributed by atoms with E-state index in [0.717, 1.165) is 32.4 Å². The summed E-state index contributed by atoms with van der Waals surface area (Å²) in [7, 11) is 0. The first kappa shape index (κ1) is 13.1. The van der Waals surface area contributed by atoms with E-state index in [1.807, 2.05) is 0 Å². The van der Waals surface area contributed by atoms with E-state index in [2.05, 4.69) is 42.6 Å². The van der Waals surface area contributed by atoms with Crippen molar-refractivity contribution >= 4 is 0 Å². The molecule has 0 saturated heterocycles. The Kier molecular flexibility index (Phi) is 4.38. The molecule has 0 aliphatic heterocycles. The van der Waals surface area contributed by atoms with Crippen molar-refractivity contribution in [3.8, 4) is 6.07 Å². The van der Waals surface area contributed by atoms with Gasteiger partial charge in [0.1, 0.15) is 0 Å². The van der Waals surface area contributed by atoms with Crippen LogP contribution >= 0.6 is 0 Å². The maximum Gasteiger partial charge on any atom is 0.0703 e. The molecule has 0 atom stereocenters. The van der Waals surface area contributed by atoms with E-state index in [-0.39, 0.29) is 5.41 Å². The van der Waals surface area contributed by atoms with E-state index in [4.69, 9.17) is 5.26 Å². The summed E-state index contributed by atoms with van der Waals surface area (Å²) in [5, 5.41) is 12.4. The SMILES string of the molecule is CCCc1ccc(CCNCC2(C#N)CC2)cc1. The summed E-state index contributed by atoms with van der Waals surface area (Å²) >= 11 is 0. The molecular weight excluding hydrogens is 220 g/mol. The van der Waals surface area contributed by atoms with Gasteiger partial charge < -0.3 is 5.32 Å². The van der Waals surface area contributed by atoms with Crippen molar-refractivity contribution < 1.29 is 0 Å². The number of nitrogens with zero attached hydrogens (tertiary/aromatic N) is 1. The van der Waals surface area contributed by atoms with Crippen molar-refractivity contribution in [2.45, 2.75) is 39.0 Å². The molecule has 0 heterocycles. The molecule has 18 heavy (non-hydrogen) atoms. The van der Waals surface area contributed by atoms with E-state index in [9.17, 15) is 0 Å². The fourth-order valence-corrected chi connectivity index (χ4v) is 2.20. The fraction of sp³-hybridized carbons (Fsp3) is 0.562. The van der Waals surface area contributed by atoms with Gasteiger partial charge in [0, 0.05) is 6.54 Å². The summed E-state index contributed by atoms with van der Waals surface area (Å²) in [6, 6.07) is 11.3. The minimum absolute atomic E-state index is 0.0228. The Morgan fingerprint density at radius 2 is 1.78 bits per heavy atom. The van der Waals surface area contributed by atoms with Crippen molar-refractivity contribution in [2.75, 3.05) is 13.1 Å². The summed E-state index contributed by atoms with van der Waals surface area (Å²) in [5.74, 6) is 0. The average Bonchev–Trinajstić information content (AvgIpc) is 3.18. The first-order valence-electron chi connectivity index (χ1n) is 6.98. The van der Waals surface area contributed by atoms with E-state index in [1.165, 1.54) is 24.0 Å². The van der Waals surface area contributed by atoms with Crippen LogP contribution in [0.5, 0.6) is 0 Å². The third-order valence-corrected chi connectivity index (χ3v) is 3.71. The molecule has 1 fully saturated rings. The van der Waals surface area contributed by atoms with Gasteiger partial charge in [0.2, 0.25) is 0 Å². The van der Waals surface area contributed by atoms with E-state index in [0.29, 0.717) is 0 Å². The molecule has 1 aromatic carbocycles. The standard InChI is InChI=1S/C16H22N2/c1-2-3-14-4-6-15(7-5-14)8-11-18-13-16(12-17)9-10-16/h4-7,18H,2-3,8-11,13H2,1H3. The van der Waals surface area contributed by atoms with Crippen molar-refractivity contribution in [3.63, 3.8) is 0 Å². The van der Waals surface area contributed by atoms with E-state index in [1.54, 1.807) is 0 Å². The number of nitriles is 1. The summed E-state index contributed by atoms with van der Waals surface area (Å²) in [6.07, 6.45) is 5.57. The Bertz CT molecular complexity index is 410. The first-order chi connectivity index (χ1) is 8.78. The highest BCUT2D eigenvalue weighted by atomic mass is 14.9. The number of nitrogens with one attached hydrogen (secondary N) is 1. The molecule has 96 valence electrons. The molecule has 0 aromatic heterocycles. The van der Waals surface area contributed by atoms with Crippen LogP contribution in [-0.4, -0.2) is 13.1 Å². The van der Waals surface area contributed by atoms with Crippen molar-refractivity contribution in [2.24, 2.45) is 5.41 Å². The molecule has 1 N–H and O–H groups in total. The van der Waals surface area contributed by atoms with Crippen LogP contribution in [0.15, 0.2) is 24.3 Å². The molecule has 1 aliphatic rings. The lowest BCUT2D eigenvalue weighted by Crippen LogP contribution is -2.25. The van der Waals surface area contributed by atoms with Gasteiger partial charge in [0.05, 0.1) is 11.5 Å². The molecule has 0 amide bonds. The highest BCUT2D eigenvalue weighted by Gasteiger charge is 2.42. The van der Waals surface area contributed by atoms with Crippen LogP contribution < -0.4 is 5.32 Å². The maximum atomic E-state index is 8.96. The fourth-order valence-electron chi connectivity index (χ4n) is 2.20. The van der Waals surface area contributed by atoms with Gasteiger partial charge in [-0.25, -0.2) is 0 Å². The summed E-state index contributed by atoms with van der Waals surface area (Å²) < 4.78 is 0. The molecule has 1 aliphatic carbocycles. The average molecular weight is 242 g/mol. The topological polar surface area (TPSA) is 35.8 Å². The lowest BCUT2D eigenvalue weighted by Gasteiger charge is -2.08. The first-order valence-corrected chi connectivity index (χ1v) is 6.98. The molecular formula is C16H22N2. The van der Waals surface area contributed by atoms with Gasteiger partial charge >= 0.3 is 0 Å². The lowest BCUT2D eigenvalue weighted by molar-refractivity contribution is 0.560. The number of hydrogen-bond donors (Lipinski definition) is 1. The quantitative estimate of drug-likeness (QED) is 0.746. The Morgan fingerprint density at radius 3 is 2.28 bits per heavy atom. The van der Waals surface area contributed by atoms with Crippen LogP contribution in [-0.2, 0) is 12.8 Å². The van der Waals surface area contributed by atoms with Crippen molar-refractivity contribution in [1.82, 2.24) is 5.32 Å². The molecule has 0 spiro atoms. The molecule has 2 heteroatoms. The Hall–Kier alpha value is -1.33. The molecule has 2 rings (SSSR count). The van der Waals surface area contributed by atoms with E-state index >= 15 is 0 Å². The highest BCUT2D eigenvalue weighted by molar-refractivity contribution is 5.22. The molecule has 1 aromatic rings. The van der Waals surface area contributed by atoms with Crippen molar-refractivity contribution in [3.05, 3.63) is 35.4 Å². The number of aryl methyl sites for hydroxylation is 1. The van der Waals surface area contributed by atoms with Gasteiger partial charge in [0.15, 0.2) is 0 Å². The second-order valence-electron chi connectivity index (χ2n) is 5.39. The van der Waals surface area contributed by atoms with Gasteiger partial charge in [-0.1, -0.05) is 37.6 Å². The third-order valence-electron chi connectivity index (χ3n) is 3.71. The Balaban J connectivity index is 1.69. The second-order valence-corrected chi connectivity index (χ2v) is 5.39. The second kappa shape index (κ2) is 6.02. The smallest absolute Gasteiger partial charge is 0.0703 e. The van der Waals surface area contributed by atoms with Gasteiger partial charge in [-0.3, -0.25) is 0 Å². The zero-order chi connectivity index (χ0) is 12.8. The summed E-state index contributed by atoms with van der Waals surface area (Å²) in [5.41, 5.74) is 2.78. The predicted molar refractivity (Wildman–Crippen MR) is 74.3 cm³/mol. The van der Waals surface area contributed by atoms with Crippen molar-refractivity contribution in [1.29, 1.82) is 5.26 Å². The van der Waals surface area contributed by atoms with Crippen LogP contribution in [0.3, 0.4) is 0 Å². The number of benzene rings is 1. The summed E-state index contributed by atoms with van der Waals surface area (Å²) in [6.45, 7) is 4.04. The lowest BCUT2D eigenvalue weighted by atomic mass is 10.1. The monoisotopic (exact) mass is 242 g/mol. The van der Waals surface area contributed by atoms with Crippen LogP contribution in [0.25, 0.3) is 0 Å². The Labute approximate surface area is 110 Å². The zero-order valence-corrected chi connectivity index (χ0v) is 11.2. The normalized spacial score (nSPS) is 16.2. The van der Waals surface area contributed by atoms with Crippen LogP contribution in [0.4, 0.5) is 0 Å². The van der Waals surface area contributed by atoms with Gasteiger partial charge in [-0.2, -0.15) is 5.26 Å². The molecule has 0 bridgehead atoms. The van der Waals surface area contributed by atoms with Gasteiger partial charge in [-0.05, 0) is 43.4 Å². The molecule has 1 saturated carbocycles. The molecule has 0 unspecified atom stereocenters. The van der Waals surface area contributed by atoms with E-state index < -0.39 is 0 Å². The minimum Gasteiger partial charge on any atom is -0.315 e. The summed E-state index contributed by atoms with van der Waals surface area (Å²) in [4.78, 5) is 0. The molecule has 2 nitrogen and oxygen atoms in total. The predicted octanol–water partition coefficient (Wildman–Crippen LogP) is 3.07. The van der Waals surface area contributed by atoms with Gasteiger partial charge in [0.25, 0.3) is 0 Å². The molecule has 0 radical (unpaired) electrons. The van der Waals surface area contributed by atoms with Crippen LogP contribution in [0, 0.1) is 16.7 Å². The van der Waals surface area contributed by atoms with Gasteiger partial charge in [-0.15, -0.1) is 0 Å². The maximum absolute atomic E-state index is 8.96. The number of hydrogen-bond acceptors (Lipinski definition) is 2. The van der Waals surface area contributed by atoms with Crippen LogP contribution in [0.2, 0.25) is 0 Å². The zero-order valence-electron chi connectivity index (χ0n) is 11.2. The highest BCUT2D eigenvalue weighted by Crippen LogP contribution is 2.43. The van der Waals surface area contributed by atoms with Crippen LogP contribution in [0.1, 0.15) is 37.3 Å². The number of rotatable bonds is 7. The Morgan fingerprint density at radius 1 is 1.17 bits per heavy atom. The third kappa shape index (κ3) is 3.58.